The lowest BCUT2D eigenvalue weighted by Crippen LogP contribution is -2.22. The van der Waals surface area contributed by atoms with E-state index in [1.807, 2.05) is 11.6 Å². The molecule has 118 valence electrons. The van der Waals surface area contributed by atoms with Gasteiger partial charge in [0.05, 0.1) is 5.69 Å². The zero-order valence-electron chi connectivity index (χ0n) is 13.4. The summed E-state index contributed by atoms with van der Waals surface area (Å²) >= 11 is 0. The quantitative estimate of drug-likeness (QED) is 0.780. The van der Waals surface area contributed by atoms with Gasteiger partial charge in [-0.25, -0.2) is 9.37 Å². The van der Waals surface area contributed by atoms with Crippen molar-refractivity contribution < 1.29 is 4.39 Å². The first kappa shape index (κ1) is 15.2. The summed E-state index contributed by atoms with van der Waals surface area (Å²) in [5.74, 6) is 1.64. The first-order chi connectivity index (χ1) is 10.6. The third kappa shape index (κ3) is 3.95. The fourth-order valence-electron chi connectivity index (χ4n) is 2.88. The highest BCUT2D eigenvalue weighted by atomic mass is 19.1. The number of imidazole rings is 1. The third-order valence-corrected chi connectivity index (χ3v) is 4.27. The van der Waals surface area contributed by atoms with Crippen molar-refractivity contribution in [3.63, 3.8) is 0 Å². The zero-order chi connectivity index (χ0) is 15.5. The van der Waals surface area contributed by atoms with Crippen molar-refractivity contribution >= 4 is 0 Å². The molecule has 0 amide bonds. The maximum absolute atomic E-state index is 13.0. The maximum atomic E-state index is 13.0. The van der Waals surface area contributed by atoms with Crippen LogP contribution in [0.5, 0.6) is 0 Å². The van der Waals surface area contributed by atoms with E-state index in [0.717, 1.165) is 42.4 Å². The average molecular weight is 301 g/mol. The monoisotopic (exact) mass is 301 g/mol. The van der Waals surface area contributed by atoms with Crippen molar-refractivity contribution in [3.8, 4) is 11.4 Å². The molecule has 1 aromatic heterocycles. The number of hydrogen-bond donors (Lipinski definition) is 0. The minimum Gasteiger partial charge on any atom is -0.334 e. The number of hydrogen-bond acceptors (Lipinski definition) is 2. The molecule has 3 nitrogen and oxygen atoms in total. The van der Waals surface area contributed by atoms with E-state index in [0.29, 0.717) is 0 Å². The van der Waals surface area contributed by atoms with Crippen LogP contribution in [0, 0.1) is 11.7 Å². The number of aromatic nitrogens is 2. The van der Waals surface area contributed by atoms with Crippen molar-refractivity contribution in [2.24, 2.45) is 13.0 Å². The van der Waals surface area contributed by atoms with Crippen molar-refractivity contribution in [1.29, 1.82) is 0 Å². The van der Waals surface area contributed by atoms with Gasteiger partial charge in [-0.1, -0.05) is 0 Å². The van der Waals surface area contributed by atoms with Crippen LogP contribution in [0.25, 0.3) is 11.4 Å². The van der Waals surface area contributed by atoms with Gasteiger partial charge < -0.3 is 9.47 Å². The molecule has 0 unspecified atom stereocenters. The first-order valence-electron chi connectivity index (χ1n) is 8.08. The molecule has 1 aliphatic carbocycles. The first-order valence-corrected chi connectivity index (χ1v) is 8.08. The van der Waals surface area contributed by atoms with E-state index in [2.05, 4.69) is 18.1 Å². The number of nitrogens with zero attached hydrogens (tertiary/aromatic N) is 3. The average Bonchev–Trinajstić information content (AvgIpc) is 3.22. The summed E-state index contributed by atoms with van der Waals surface area (Å²) < 4.78 is 15.0. The van der Waals surface area contributed by atoms with Gasteiger partial charge in [0.15, 0.2) is 0 Å². The highest BCUT2D eigenvalue weighted by Crippen LogP contribution is 2.29. The molecule has 1 fully saturated rings. The second-order valence-electron chi connectivity index (χ2n) is 6.48. The van der Waals surface area contributed by atoms with E-state index in [1.165, 1.54) is 31.5 Å². The number of aryl methyl sites for hydroxylation is 2. The van der Waals surface area contributed by atoms with Crippen LogP contribution in [0.3, 0.4) is 0 Å². The van der Waals surface area contributed by atoms with Gasteiger partial charge in [-0.15, -0.1) is 0 Å². The van der Waals surface area contributed by atoms with Crippen molar-refractivity contribution in [2.45, 2.75) is 25.7 Å². The van der Waals surface area contributed by atoms with Crippen LogP contribution >= 0.6 is 0 Å². The Kier molecular flexibility index (Phi) is 4.57. The SMILES string of the molecule is CN(CCCc1cn(C)c(-c2ccc(F)cc2)n1)CC1CC1. The zero-order valence-corrected chi connectivity index (χ0v) is 13.4. The summed E-state index contributed by atoms with van der Waals surface area (Å²) in [6.07, 6.45) is 7.02. The van der Waals surface area contributed by atoms with E-state index in [-0.39, 0.29) is 5.82 Å². The Morgan fingerprint density at radius 2 is 2.00 bits per heavy atom. The second kappa shape index (κ2) is 6.61. The molecule has 4 heteroatoms. The van der Waals surface area contributed by atoms with Gasteiger partial charge in [-0.2, -0.15) is 0 Å². The summed E-state index contributed by atoms with van der Waals surface area (Å²) in [4.78, 5) is 7.13. The van der Waals surface area contributed by atoms with Gasteiger partial charge in [0, 0.05) is 25.4 Å². The summed E-state index contributed by atoms with van der Waals surface area (Å²) in [5.41, 5.74) is 2.07. The smallest absolute Gasteiger partial charge is 0.139 e. The molecule has 0 atom stereocenters. The molecule has 0 radical (unpaired) electrons. The van der Waals surface area contributed by atoms with Gasteiger partial charge >= 0.3 is 0 Å². The molecule has 0 spiro atoms. The molecule has 0 saturated heterocycles. The van der Waals surface area contributed by atoms with E-state index in [1.54, 1.807) is 12.1 Å². The summed E-state index contributed by atoms with van der Waals surface area (Å²) in [7, 11) is 4.20. The lowest BCUT2D eigenvalue weighted by atomic mass is 10.2. The molecule has 0 N–H and O–H groups in total. The van der Waals surface area contributed by atoms with E-state index in [9.17, 15) is 4.39 Å². The van der Waals surface area contributed by atoms with Crippen molar-refractivity contribution in [2.75, 3.05) is 20.1 Å². The topological polar surface area (TPSA) is 21.1 Å². The van der Waals surface area contributed by atoms with Crippen LogP contribution in [0.2, 0.25) is 0 Å². The molecule has 2 aromatic rings. The van der Waals surface area contributed by atoms with Crippen molar-refractivity contribution in [1.82, 2.24) is 14.5 Å². The van der Waals surface area contributed by atoms with Crippen LogP contribution < -0.4 is 0 Å². The Balaban J connectivity index is 1.56. The molecule has 1 aliphatic rings. The Morgan fingerprint density at radius 1 is 1.27 bits per heavy atom. The standard InChI is InChI=1S/C18H24FN3/c1-21(12-14-5-6-14)11-3-4-17-13-22(2)18(20-17)15-7-9-16(19)10-8-15/h7-10,13-14H,3-6,11-12H2,1-2H3. The highest BCUT2D eigenvalue weighted by Gasteiger charge is 2.22. The predicted molar refractivity (Wildman–Crippen MR) is 87.1 cm³/mol. The molecule has 3 rings (SSSR count). The molecule has 1 heterocycles. The Labute approximate surface area is 131 Å². The molecule has 22 heavy (non-hydrogen) atoms. The Bertz CT molecular complexity index is 614. The van der Waals surface area contributed by atoms with Crippen LogP contribution in [0.4, 0.5) is 4.39 Å². The maximum Gasteiger partial charge on any atom is 0.139 e. The summed E-state index contributed by atoms with van der Waals surface area (Å²) in [6, 6.07) is 6.53. The largest absolute Gasteiger partial charge is 0.334 e. The Hall–Kier alpha value is -1.68. The molecular weight excluding hydrogens is 277 g/mol. The van der Waals surface area contributed by atoms with E-state index in [4.69, 9.17) is 4.98 Å². The van der Waals surface area contributed by atoms with E-state index >= 15 is 0 Å². The molecule has 0 bridgehead atoms. The van der Waals surface area contributed by atoms with Crippen molar-refractivity contribution in [3.05, 3.63) is 42.0 Å². The van der Waals surface area contributed by atoms with Gasteiger partial charge in [-0.3, -0.25) is 0 Å². The molecule has 1 aromatic carbocycles. The molecule has 1 saturated carbocycles. The normalized spacial score (nSPS) is 14.7. The second-order valence-corrected chi connectivity index (χ2v) is 6.48. The third-order valence-electron chi connectivity index (χ3n) is 4.27. The minimum atomic E-state index is -0.211. The highest BCUT2D eigenvalue weighted by molar-refractivity contribution is 5.55. The summed E-state index contributed by atoms with van der Waals surface area (Å²) in [5, 5.41) is 0. The van der Waals surface area contributed by atoms with Crippen LogP contribution in [-0.4, -0.2) is 34.6 Å². The number of rotatable bonds is 7. The van der Waals surface area contributed by atoms with Gasteiger partial charge in [0.2, 0.25) is 0 Å². The van der Waals surface area contributed by atoms with Crippen LogP contribution in [0.1, 0.15) is 25.0 Å². The molecular formula is C18H24FN3. The molecule has 0 aliphatic heterocycles. The van der Waals surface area contributed by atoms with Crippen LogP contribution in [-0.2, 0) is 13.5 Å². The van der Waals surface area contributed by atoms with E-state index < -0.39 is 0 Å². The lowest BCUT2D eigenvalue weighted by Gasteiger charge is -2.15. The van der Waals surface area contributed by atoms with Gasteiger partial charge in [0.25, 0.3) is 0 Å². The summed E-state index contributed by atoms with van der Waals surface area (Å²) in [6.45, 7) is 2.36. The fraction of sp³-hybridized carbons (Fsp3) is 0.500. The Morgan fingerprint density at radius 3 is 2.68 bits per heavy atom. The predicted octanol–water partition coefficient (Wildman–Crippen LogP) is 3.50. The minimum absolute atomic E-state index is 0.211. The van der Waals surface area contributed by atoms with Crippen LogP contribution in [0.15, 0.2) is 30.5 Å². The number of benzene rings is 1. The fourth-order valence-corrected chi connectivity index (χ4v) is 2.88. The van der Waals surface area contributed by atoms with Gasteiger partial charge in [-0.05, 0) is 69.5 Å². The lowest BCUT2D eigenvalue weighted by molar-refractivity contribution is 0.316. The van der Waals surface area contributed by atoms with Gasteiger partial charge in [0.1, 0.15) is 11.6 Å². The number of halogens is 1.